The highest BCUT2D eigenvalue weighted by atomic mass is 79.9. The van der Waals surface area contributed by atoms with Crippen molar-refractivity contribution in [1.29, 1.82) is 0 Å². The van der Waals surface area contributed by atoms with E-state index < -0.39 is 11.7 Å². The summed E-state index contributed by atoms with van der Waals surface area (Å²) >= 11 is 3.47. The summed E-state index contributed by atoms with van der Waals surface area (Å²) in [5, 5.41) is 0.461. The topological polar surface area (TPSA) is 22.1 Å². The van der Waals surface area contributed by atoms with Crippen molar-refractivity contribution in [3.63, 3.8) is 0 Å². The van der Waals surface area contributed by atoms with Gasteiger partial charge in [-0.25, -0.2) is 0 Å². The van der Waals surface area contributed by atoms with Gasteiger partial charge in [0.05, 0.1) is 11.1 Å². The number of pyridine rings is 1. The Bertz CT molecular complexity index is 1520. The summed E-state index contributed by atoms with van der Waals surface area (Å²) in [7, 11) is 0. The SMILES string of the molecule is FC(F)(F)c1cccc2c(-c3cccc(OCc4cccc(Br)c4)c3)c(Cc3ccccc3)cnc12. The largest absolute Gasteiger partial charge is 0.489 e. The van der Waals surface area contributed by atoms with Crippen molar-refractivity contribution >= 4 is 26.8 Å². The minimum atomic E-state index is -4.50. The molecule has 0 unspecified atom stereocenters. The molecule has 5 aromatic rings. The Morgan fingerprint density at radius 1 is 0.778 bits per heavy atom. The lowest BCUT2D eigenvalue weighted by Gasteiger charge is -2.17. The lowest BCUT2D eigenvalue weighted by molar-refractivity contribution is -0.136. The average Bonchev–Trinajstić information content (AvgIpc) is 2.87. The second-order valence-corrected chi connectivity index (χ2v) is 9.38. The molecular formula is C30H21BrF3NO. The van der Waals surface area contributed by atoms with Gasteiger partial charge < -0.3 is 4.74 Å². The first-order chi connectivity index (χ1) is 17.4. The Hall–Kier alpha value is -3.64. The molecule has 36 heavy (non-hydrogen) atoms. The number of fused-ring (bicyclic) bond motifs is 1. The van der Waals surface area contributed by atoms with E-state index in [0.29, 0.717) is 24.2 Å². The fourth-order valence-corrected chi connectivity index (χ4v) is 4.77. The lowest BCUT2D eigenvalue weighted by atomic mass is 9.92. The number of halogens is 4. The molecule has 0 radical (unpaired) electrons. The molecule has 0 saturated carbocycles. The first-order valence-corrected chi connectivity index (χ1v) is 12.2. The van der Waals surface area contributed by atoms with Crippen LogP contribution in [0.2, 0.25) is 0 Å². The first-order valence-electron chi connectivity index (χ1n) is 11.4. The molecule has 0 aliphatic carbocycles. The second kappa shape index (κ2) is 10.2. The quantitative estimate of drug-likeness (QED) is 0.212. The zero-order valence-corrected chi connectivity index (χ0v) is 20.7. The van der Waals surface area contributed by atoms with E-state index in [-0.39, 0.29) is 5.52 Å². The van der Waals surface area contributed by atoms with Gasteiger partial charge in [-0.1, -0.05) is 82.7 Å². The monoisotopic (exact) mass is 547 g/mol. The maximum absolute atomic E-state index is 13.8. The van der Waals surface area contributed by atoms with Crippen molar-refractivity contribution in [2.24, 2.45) is 0 Å². The molecule has 0 N–H and O–H groups in total. The van der Waals surface area contributed by atoms with Crippen LogP contribution in [0.25, 0.3) is 22.0 Å². The van der Waals surface area contributed by atoms with Gasteiger partial charge in [0.2, 0.25) is 0 Å². The molecule has 1 aromatic heterocycles. The summed E-state index contributed by atoms with van der Waals surface area (Å²) in [6.45, 7) is 0.370. The molecule has 1 heterocycles. The lowest BCUT2D eigenvalue weighted by Crippen LogP contribution is -2.07. The molecular weight excluding hydrogens is 527 g/mol. The third kappa shape index (κ3) is 5.29. The molecule has 0 bridgehead atoms. The average molecular weight is 548 g/mol. The van der Waals surface area contributed by atoms with E-state index in [2.05, 4.69) is 20.9 Å². The Morgan fingerprint density at radius 2 is 1.53 bits per heavy atom. The number of benzene rings is 4. The molecule has 0 atom stereocenters. The minimum Gasteiger partial charge on any atom is -0.489 e. The number of nitrogens with zero attached hydrogens (tertiary/aromatic N) is 1. The molecule has 2 nitrogen and oxygen atoms in total. The number of ether oxygens (including phenoxy) is 1. The normalized spacial score (nSPS) is 11.6. The predicted octanol–water partition coefficient (Wildman–Crippen LogP) is 8.85. The molecule has 0 aliphatic heterocycles. The van der Waals surface area contributed by atoms with Crippen molar-refractivity contribution in [3.05, 3.63) is 130 Å². The molecule has 5 rings (SSSR count). The summed E-state index contributed by atoms with van der Waals surface area (Å²) in [5.74, 6) is 0.634. The van der Waals surface area contributed by atoms with E-state index >= 15 is 0 Å². The van der Waals surface area contributed by atoms with E-state index in [1.165, 1.54) is 6.07 Å². The zero-order valence-electron chi connectivity index (χ0n) is 19.1. The first kappa shape index (κ1) is 24.1. The Labute approximate surface area is 215 Å². The second-order valence-electron chi connectivity index (χ2n) is 8.47. The maximum atomic E-state index is 13.8. The molecule has 0 aliphatic rings. The van der Waals surface area contributed by atoms with Crippen LogP contribution >= 0.6 is 15.9 Å². The van der Waals surface area contributed by atoms with Gasteiger partial charge in [-0.05, 0) is 64.6 Å². The van der Waals surface area contributed by atoms with Gasteiger partial charge in [0.25, 0.3) is 0 Å². The van der Waals surface area contributed by atoms with Crippen molar-refractivity contribution in [3.8, 4) is 16.9 Å². The van der Waals surface area contributed by atoms with Gasteiger partial charge in [-0.3, -0.25) is 4.98 Å². The van der Waals surface area contributed by atoms with Crippen LogP contribution in [-0.2, 0) is 19.2 Å². The third-order valence-electron chi connectivity index (χ3n) is 5.94. The predicted molar refractivity (Wildman–Crippen MR) is 140 cm³/mol. The fourth-order valence-electron chi connectivity index (χ4n) is 4.32. The summed E-state index contributed by atoms with van der Waals surface area (Å²) in [5.41, 5.74) is 3.60. The van der Waals surface area contributed by atoms with Gasteiger partial charge in [0, 0.05) is 16.1 Å². The van der Waals surface area contributed by atoms with Crippen LogP contribution in [0.3, 0.4) is 0 Å². The van der Waals surface area contributed by atoms with Crippen molar-refractivity contribution in [2.75, 3.05) is 0 Å². The highest BCUT2D eigenvalue weighted by Crippen LogP contribution is 2.39. The molecule has 180 valence electrons. The van der Waals surface area contributed by atoms with E-state index in [1.807, 2.05) is 78.9 Å². The Balaban J connectivity index is 1.61. The van der Waals surface area contributed by atoms with Gasteiger partial charge in [-0.2, -0.15) is 13.2 Å². The van der Waals surface area contributed by atoms with Crippen LogP contribution in [0.5, 0.6) is 5.75 Å². The zero-order chi connectivity index (χ0) is 25.1. The molecule has 6 heteroatoms. The molecule has 4 aromatic carbocycles. The molecule has 0 fully saturated rings. The van der Waals surface area contributed by atoms with E-state index in [1.54, 1.807) is 12.3 Å². The number of rotatable bonds is 6. The maximum Gasteiger partial charge on any atom is 0.418 e. The van der Waals surface area contributed by atoms with E-state index in [0.717, 1.165) is 38.4 Å². The van der Waals surface area contributed by atoms with E-state index in [4.69, 9.17) is 4.74 Å². The number of para-hydroxylation sites is 1. The van der Waals surface area contributed by atoms with Crippen molar-refractivity contribution in [1.82, 2.24) is 4.98 Å². The number of alkyl halides is 3. The van der Waals surface area contributed by atoms with Crippen molar-refractivity contribution in [2.45, 2.75) is 19.2 Å². The van der Waals surface area contributed by atoms with E-state index in [9.17, 15) is 13.2 Å². The molecule has 0 saturated heterocycles. The minimum absolute atomic E-state index is 0.0581. The fraction of sp³-hybridized carbons (Fsp3) is 0.100. The highest BCUT2D eigenvalue weighted by Gasteiger charge is 2.33. The Morgan fingerprint density at radius 3 is 2.31 bits per heavy atom. The molecule has 0 amide bonds. The number of hydrogen-bond donors (Lipinski definition) is 0. The smallest absolute Gasteiger partial charge is 0.418 e. The third-order valence-corrected chi connectivity index (χ3v) is 6.43. The van der Waals surface area contributed by atoms with Gasteiger partial charge in [0.1, 0.15) is 12.4 Å². The summed E-state index contributed by atoms with van der Waals surface area (Å²) in [6.07, 6.45) is -2.40. The van der Waals surface area contributed by atoms with Crippen molar-refractivity contribution < 1.29 is 17.9 Å². The molecule has 0 spiro atoms. The van der Waals surface area contributed by atoms with Crippen LogP contribution in [0.1, 0.15) is 22.3 Å². The highest BCUT2D eigenvalue weighted by molar-refractivity contribution is 9.10. The number of aromatic nitrogens is 1. The van der Waals surface area contributed by atoms with Gasteiger partial charge in [0.15, 0.2) is 0 Å². The standard InChI is InChI=1S/C30H21BrF3NO/c31-24-11-4-9-21(16-24)19-36-25-12-5-10-22(17-25)28-23(15-20-7-2-1-3-8-20)18-35-29-26(28)13-6-14-27(29)30(32,33)34/h1-14,16-18H,15,19H2. The number of hydrogen-bond acceptors (Lipinski definition) is 2. The van der Waals surface area contributed by atoms with Gasteiger partial charge in [-0.15, -0.1) is 0 Å². The van der Waals surface area contributed by atoms with Gasteiger partial charge >= 0.3 is 6.18 Å². The van der Waals surface area contributed by atoms with Crippen LogP contribution < -0.4 is 4.74 Å². The summed E-state index contributed by atoms with van der Waals surface area (Å²) in [6, 6.07) is 29.4. The Kier molecular flexibility index (Phi) is 6.79. The van der Waals surface area contributed by atoms with Crippen LogP contribution in [0, 0.1) is 0 Å². The van der Waals surface area contributed by atoms with Crippen LogP contribution in [0.4, 0.5) is 13.2 Å². The summed E-state index contributed by atoms with van der Waals surface area (Å²) < 4.78 is 48.4. The van der Waals surface area contributed by atoms with Crippen LogP contribution in [-0.4, -0.2) is 4.98 Å². The summed E-state index contributed by atoms with van der Waals surface area (Å²) in [4.78, 5) is 4.28. The van der Waals surface area contributed by atoms with Crippen LogP contribution in [0.15, 0.2) is 108 Å².